The number of nitrogens with zero attached hydrogens (tertiary/aromatic N) is 3. The molecule has 0 atom stereocenters. The van der Waals surface area contributed by atoms with Gasteiger partial charge in [0.1, 0.15) is 11.4 Å². The summed E-state index contributed by atoms with van der Waals surface area (Å²) < 4.78 is 9.04. The van der Waals surface area contributed by atoms with Crippen molar-refractivity contribution < 1.29 is 9.30 Å². The van der Waals surface area contributed by atoms with Crippen LogP contribution in [0.5, 0.6) is 6.01 Å². The van der Waals surface area contributed by atoms with E-state index < -0.39 is 0 Å². The second-order valence-corrected chi connectivity index (χ2v) is 4.09. The van der Waals surface area contributed by atoms with Gasteiger partial charge in [-0.25, -0.2) is 0 Å². The maximum absolute atomic E-state index is 5.33. The SMILES string of the molecule is COc1nn(-c2ccccc2)c[n+]1-c1ccccc1. The minimum atomic E-state index is 0.551. The van der Waals surface area contributed by atoms with Crippen LogP contribution in [-0.2, 0) is 0 Å². The zero-order valence-electron chi connectivity index (χ0n) is 10.6. The van der Waals surface area contributed by atoms with Gasteiger partial charge in [0.15, 0.2) is 0 Å². The maximum atomic E-state index is 5.33. The molecule has 0 radical (unpaired) electrons. The molecule has 0 aliphatic rings. The molecular weight excluding hydrogens is 238 g/mol. The molecule has 0 unspecified atom stereocenters. The zero-order valence-corrected chi connectivity index (χ0v) is 10.6. The van der Waals surface area contributed by atoms with Gasteiger partial charge in [-0.1, -0.05) is 41.1 Å². The fourth-order valence-electron chi connectivity index (χ4n) is 1.93. The van der Waals surface area contributed by atoms with Crippen molar-refractivity contribution >= 4 is 0 Å². The molecule has 0 saturated carbocycles. The van der Waals surface area contributed by atoms with Crippen molar-refractivity contribution in [3.63, 3.8) is 0 Å². The highest BCUT2D eigenvalue weighted by atomic mass is 16.5. The Kier molecular flexibility index (Phi) is 2.98. The average molecular weight is 252 g/mol. The lowest BCUT2D eigenvalue weighted by molar-refractivity contribution is -0.603. The number of hydrogen-bond donors (Lipinski definition) is 0. The highest BCUT2D eigenvalue weighted by Gasteiger charge is 2.19. The molecule has 0 amide bonds. The van der Waals surface area contributed by atoms with Crippen LogP contribution >= 0.6 is 0 Å². The van der Waals surface area contributed by atoms with Gasteiger partial charge >= 0.3 is 6.01 Å². The van der Waals surface area contributed by atoms with Gasteiger partial charge in [-0.3, -0.25) is 0 Å². The van der Waals surface area contributed by atoms with Crippen molar-refractivity contribution in [3.8, 4) is 17.4 Å². The standard InChI is InChI=1S/C15H14N3O/c1-19-15-16-18(14-10-6-3-7-11-14)12-17(15)13-8-4-2-5-9-13/h2-12H,1H3/q+1. The summed E-state index contributed by atoms with van der Waals surface area (Å²) in [4.78, 5) is 0. The van der Waals surface area contributed by atoms with Gasteiger partial charge in [-0.05, 0) is 24.3 Å². The van der Waals surface area contributed by atoms with Crippen molar-refractivity contribution in [2.24, 2.45) is 0 Å². The number of rotatable bonds is 3. The Morgan fingerprint density at radius 2 is 1.58 bits per heavy atom. The van der Waals surface area contributed by atoms with Crippen LogP contribution in [0.4, 0.5) is 0 Å². The van der Waals surface area contributed by atoms with Crippen molar-refractivity contribution in [1.82, 2.24) is 9.78 Å². The second-order valence-electron chi connectivity index (χ2n) is 4.09. The van der Waals surface area contributed by atoms with Crippen LogP contribution < -0.4 is 9.30 Å². The average Bonchev–Trinajstić information content (AvgIpc) is 2.93. The molecule has 0 saturated heterocycles. The lowest BCUT2D eigenvalue weighted by atomic mass is 10.3. The number of aromatic nitrogens is 3. The van der Waals surface area contributed by atoms with E-state index in [2.05, 4.69) is 5.10 Å². The van der Waals surface area contributed by atoms with E-state index in [1.807, 2.05) is 71.6 Å². The number of ether oxygens (including phenoxy) is 1. The first-order chi connectivity index (χ1) is 9.38. The summed E-state index contributed by atoms with van der Waals surface area (Å²) in [5, 5.41) is 4.43. The van der Waals surface area contributed by atoms with Crippen LogP contribution in [-0.4, -0.2) is 16.9 Å². The monoisotopic (exact) mass is 252 g/mol. The lowest BCUT2D eigenvalue weighted by Crippen LogP contribution is -2.30. The number of benzene rings is 2. The Bertz CT molecular complexity index is 662. The van der Waals surface area contributed by atoms with E-state index in [9.17, 15) is 0 Å². The molecule has 19 heavy (non-hydrogen) atoms. The highest BCUT2D eigenvalue weighted by molar-refractivity contribution is 5.29. The van der Waals surface area contributed by atoms with E-state index in [1.165, 1.54) is 0 Å². The predicted octanol–water partition coefficient (Wildman–Crippen LogP) is 2.16. The molecule has 4 nitrogen and oxygen atoms in total. The zero-order chi connectivity index (χ0) is 13.1. The van der Waals surface area contributed by atoms with Crippen molar-refractivity contribution in [1.29, 1.82) is 0 Å². The molecule has 1 heterocycles. The van der Waals surface area contributed by atoms with Crippen molar-refractivity contribution in [3.05, 3.63) is 67.0 Å². The van der Waals surface area contributed by atoms with Gasteiger partial charge in [0.2, 0.25) is 6.33 Å². The summed E-state index contributed by atoms with van der Waals surface area (Å²) in [5.74, 6) is 0. The first-order valence-corrected chi connectivity index (χ1v) is 6.04. The van der Waals surface area contributed by atoms with Crippen LogP contribution in [0.15, 0.2) is 67.0 Å². The minimum absolute atomic E-state index is 0.551. The van der Waals surface area contributed by atoms with Gasteiger partial charge in [-0.2, -0.15) is 4.57 Å². The first kappa shape index (κ1) is 11.5. The third kappa shape index (κ3) is 2.20. The third-order valence-electron chi connectivity index (χ3n) is 2.86. The van der Waals surface area contributed by atoms with Crippen molar-refractivity contribution in [2.75, 3.05) is 7.11 Å². The predicted molar refractivity (Wildman–Crippen MR) is 71.6 cm³/mol. The van der Waals surface area contributed by atoms with E-state index in [4.69, 9.17) is 4.74 Å². The summed E-state index contributed by atoms with van der Waals surface area (Å²) in [6.07, 6.45) is 1.91. The number of hydrogen-bond acceptors (Lipinski definition) is 2. The van der Waals surface area contributed by atoms with Gasteiger partial charge < -0.3 is 4.74 Å². The van der Waals surface area contributed by atoms with E-state index in [0.29, 0.717) is 6.01 Å². The van der Waals surface area contributed by atoms with E-state index in [0.717, 1.165) is 11.4 Å². The molecule has 4 heteroatoms. The summed E-state index contributed by atoms with van der Waals surface area (Å²) >= 11 is 0. The van der Waals surface area contributed by atoms with Gasteiger partial charge in [-0.15, -0.1) is 0 Å². The normalized spacial score (nSPS) is 10.4. The quantitative estimate of drug-likeness (QED) is 0.669. The fourth-order valence-corrected chi connectivity index (χ4v) is 1.93. The van der Waals surface area contributed by atoms with Crippen LogP contribution in [0.25, 0.3) is 11.4 Å². The lowest BCUT2D eigenvalue weighted by Gasteiger charge is -1.96. The highest BCUT2D eigenvalue weighted by Crippen LogP contribution is 2.09. The number of para-hydroxylation sites is 2. The Balaban J connectivity index is 2.09. The summed E-state index contributed by atoms with van der Waals surface area (Å²) in [7, 11) is 1.62. The first-order valence-electron chi connectivity index (χ1n) is 6.04. The minimum Gasteiger partial charge on any atom is -0.442 e. The topological polar surface area (TPSA) is 30.9 Å². The molecule has 3 aromatic rings. The molecule has 0 fully saturated rings. The molecular formula is C15H14N3O+. The Hall–Kier alpha value is -2.62. The Morgan fingerprint density at radius 1 is 0.947 bits per heavy atom. The Morgan fingerprint density at radius 3 is 2.21 bits per heavy atom. The van der Waals surface area contributed by atoms with Gasteiger partial charge in [0.05, 0.1) is 12.2 Å². The van der Waals surface area contributed by atoms with Crippen LogP contribution in [0.1, 0.15) is 0 Å². The molecule has 2 aromatic carbocycles. The van der Waals surface area contributed by atoms with Crippen molar-refractivity contribution in [2.45, 2.75) is 0 Å². The van der Waals surface area contributed by atoms with Crippen LogP contribution in [0.3, 0.4) is 0 Å². The molecule has 0 aliphatic heterocycles. The molecule has 1 aromatic heterocycles. The molecule has 94 valence electrons. The van der Waals surface area contributed by atoms with Crippen LogP contribution in [0, 0.1) is 0 Å². The summed E-state index contributed by atoms with van der Waals surface area (Å²) in [5.41, 5.74) is 2.01. The maximum Gasteiger partial charge on any atom is 0.473 e. The number of methoxy groups -OCH3 is 1. The molecule has 0 bridgehead atoms. The molecule has 3 rings (SSSR count). The van der Waals surface area contributed by atoms with Gasteiger partial charge in [0.25, 0.3) is 0 Å². The second kappa shape index (κ2) is 4.94. The smallest absolute Gasteiger partial charge is 0.442 e. The third-order valence-corrected chi connectivity index (χ3v) is 2.86. The molecule has 0 aliphatic carbocycles. The van der Waals surface area contributed by atoms with Crippen LogP contribution in [0.2, 0.25) is 0 Å². The largest absolute Gasteiger partial charge is 0.473 e. The molecule has 0 N–H and O–H groups in total. The fraction of sp³-hybridized carbons (Fsp3) is 0.0667. The Labute approximate surface area is 111 Å². The summed E-state index contributed by atoms with van der Waals surface area (Å²) in [6, 6.07) is 20.5. The van der Waals surface area contributed by atoms with E-state index >= 15 is 0 Å². The van der Waals surface area contributed by atoms with E-state index in [1.54, 1.807) is 11.8 Å². The summed E-state index contributed by atoms with van der Waals surface area (Å²) in [6.45, 7) is 0. The molecule has 0 spiro atoms. The van der Waals surface area contributed by atoms with Gasteiger partial charge in [0, 0.05) is 0 Å². The van der Waals surface area contributed by atoms with E-state index in [-0.39, 0.29) is 0 Å².